The third-order valence-corrected chi connectivity index (χ3v) is 4.57. The number of hydrogen-bond donors (Lipinski definition) is 3. The molecule has 1 aliphatic carbocycles. The number of hydrogen-bond acceptors (Lipinski definition) is 3. The second kappa shape index (κ2) is 13.4. The smallest absolute Gasteiger partial charge is 0.242 e. The van der Waals surface area contributed by atoms with Crippen molar-refractivity contribution >= 4 is 24.2 Å². The summed E-state index contributed by atoms with van der Waals surface area (Å²) in [6.07, 6.45) is 8.26. The van der Waals surface area contributed by atoms with Crippen molar-refractivity contribution in [1.29, 1.82) is 0 Å². The van der Waals surface area contributed by atoms with E-state index in [0.717, 1.165) is 6.54 Å². The van der Waals surface area contributed by atoms with Gasteiger partial charge in [-0.2, -0.15) is 0 Å². The molecule has 0 aromatic heterocycles. The topological polar surface area (TPSA) is 70.2 Å². The molecule has 1 rings (SSSR count). The van der Waals surface area contributed by atoms with Crippen molar-refractivity contribution in [2.45, 2.75) is 84.7 Å². The van der Waals surface area contributed by atoms with Crippen LogP contribution < -0.4 is 16.0 Å². The molecule has 0 bridgehead atoms. The van der Waals surface area contributed by atoms with Gasteiger partial charge in [-0.3, -0.25) is 9.59 Å². The molecule has 0 heterocycles. The third-order valence-electron chi connectivity index (χ3n) is 4.57. The number of nitrogens with one attached hydrogen (secondary N) is 3. The lowest BCUT2D eigenvalue weighted by molar-refractivity contribution is -0.130. The predicted molar refractivity (Wildman–Crippen MR) is 106 cm³/mol. The molecular weight excluding hydrogens is 338 g/mol. The van der Waals surface area contributed by atoms with Crippen LogP contribution in [-0.4, -0.2) is 37.0 Å². The molecule has 1 aliphatic rings. The highest BCUT2D eigenvalue weighted by Gasteiger charge is 2.24. The third kappa shape index (κ3) is 10.7. The molecule has 0 saturated heterocycles. The van der Waals surface area contributed by atoms with Crippen molar-refractivity contribution in [3.8, 4) is 0 Å². The Kier molecular flexibility index (Phi) is 13.0. The summed E-state index contributed by atoms with van der Waals surface area (Å²) in [7, 11) is 0. The van der Waals surface area contributed by atoms with Crippen LogP contribution in [0.3, 0.4) is 0 Å². The first kappa shape index (κ1) is 24.2. The fourth-order valence-corrected chi connectivity index (χ4v) is 3.19. The van der Waals surface area contributed by atoms with Crippen LogP contribution in [0.25, 0.3) is 0 Å². The van der Waals surface area contributed by atoms with Gasteiger partial charge < -0.3 is 16.0 Å². The van der Waals surface area contributed by atoms with E-state index >= 15 is 0 Å². The maximum Gasteiger partial charge on any atom is 0.242 e. The number of rotatable bonds is 9. The number of halogens is 1. The molecule has 0 aromatic rings. The maximum absolute atomic E-state index is 12.4. The van der Waals surface area contributed by atoms with E-state index in [1.54, 1.807) is 0 Å². The fraction of sp³-hybridized carbons (Fsp3) is 0.895. The minimum Gasteiger partial charge on any atom is -0.353 e. The van der Waals surface area contributed by atoms with Crippen LogP contribution in [0, 0.1) is 11.8 Å². The highest BCUT2D eigenvalue weighted by molar-refractivity contribution is 5.87. The molecule has 1 fully saturated rings. The fourth-order valence-electron chi connectivity index (χ4n) is 3.19. The van der Waals surface area contributed by atoms with Crippen LogP contribution in [-0.2, 0) is 9.59 Å². The Morgan fingerprint density at radius 2 is 1.56 bits per heavy atom. The van der Waals surface area contributed by atoms with E-state index in [9.17, 15) is 9.59 Å². The first-order chi connectivity index (χ1) is 11.4. The first-order valence-corrected chi connectivity index (χ1v) is 9.70. The Bertz CT molecular complexity index is 381. The van der Waals surface area contributed by atoms with Crippen molar-refractivity contribution in [3.63, 3.8) is 0 Å². The van der Waals surface area contributed by atoms with E-state index in [0.29, 0.717) is 24.9 Å². The molecule has 5 nitrogen and oxygen atoms in total. The largest absolute Gasteiger partial charge is 0.353 e. The zero-order chi connectivity index (χ0) is 17.9. The van der Waals surface area contributed by atoms with Gasteiger partial charge in [-0.05, 0) is 24.7 Å². The van der Waals surface area contributed by atoms with Gasteiger partial charge in [0.1, 0.15) is 6.04 Å². The van der Waals surface area contributed by atoms with Crippen molar-refractivity contribution in [1.82, 2.24) is 16.0 Å². The maximum atomic E-state index is 12.4. The quantitative estimate of drug-likeness (QED) is 0.428. The number of carbonyl (C=O) groups is 2. The van der Waals surface area contributed by atoms with Gasteiger partial charge in [0.25, 0.3) is 0 Å². The summed E-state index contributed by atoms with van der Waals surface area (Å²) in [6.45, 7) is 9.33. The SMILES string of the molecule is CC(C)CC(=O)NC(C(=O)NCCNC1CCCCCC1)C(C)C.Cl. The molecule has 25 heavy (non-hydrogen) atoms. The Hall–Kier alpha value is -0.810. The lowest BCUT2D eigenvalue weighted by atomic mass is 10.0. The van der Waals surface area contributed by atoms with Crippen LogP contribution in [0.15, 0.2) is 0 Å². The van der Waals surface area contributed by atoms with E-state index in [4.69, 9.17) is 0 Å². The molecule has 0 spiro atoms. The second-order valence-corrected chi connectivity index (χ2v) is 7.82. The Balaban J connectivity index is 0.00000576. The van der Waals surface area contributed by atoms with Gasteiger partial charge in [-0.25, -0.2) is 0 Å². The highest BCUT2D eigenvalue weighted by Crippen LogP contribution is 2.16. The van der Waals surface area contributed by atoms with Crippen molar-refractivity contribution in [2.24, 2.45) is 11.8 Å². The van der Waals surface area contributed by atoms with Gasteiger partial charge in [0.2, 0.25) is 11.8 Å². The molecule has 0 aromatic carbocycles. The van der Waals surface area contributed by atoms with Crippen LogP contribution in [0.1, 0.15) is 72.6 Å². The standard InChI is InChI=1S/C19H37N3O2.ClH/c1-14(2)13-17(23)22-18(15(3)4)19(24)21-12-11-20-16-9-7-5-6-8-10-16;/h14-16,18,20H,5-13H2,1-4H3,(H,21,24)(H,22,23);1H. The van der Waals surface area contributed by atoms with Gasteiger partial charge in [0.15, 0.2) is 0 Å². The summed E-state index contributed by atoms with van der Waals surface area (Å²) in [5.41, 5.74) is 0. The van der Waals surface area contributed by atoms with E-state index in [-0.39, 0.29) is 30.1 Å². The molecular formula is C19H38ClN3O2. The molecule has 1 saturated carbocycles. The van der Waals surface area contributed by atoms with Gasteiger partial charge in [0, 0.05) is 25.6 Å². The lowest BCUT2D eigenvalue weighted by Crippen LogP contribution is -2.51. The molecule has 0 radical (unpaired) electrons. The van der Waals surface area contributed by atoms with Gasteiger partial charge in [-0.1, -0.05) is 53.4 Å². The number of carbonyl (C=O) groups excluding carboxylic acids is 2. The summed E-state index contributed by atoms with van der Waals surface area (Å²) in [5.74, 6) is 0.251. The average molecular weight is 376 g/mol. The minimum atomic E-state index is -0.450. The average Bonchev–Trinajstić information content (AvgIpc) is 2.76. The second-order valence-electron chi connectivity index (χ2n) is 7.82. The summed E-state index contributed by atoms with van der Waals surface area (Å²) in [6, 6.07) is 0.144. The van der Waals surface area contributed by atoms with Crippen molar-refractivity contribution < 1.29 is 9.59 Å². The van der Waals surface area contributed by atoms with E-state index in [1.807, 2.05) is 27.7 Å². The first-order valence-electron chi connectivity index (χ1n) is 9.70. The van der Waals surface area contributed by atoms with Crippen LogP contribution in [0.5, 0.6) is 0 Å². The monoisotopic (exact) mass is 375 g/mol. The normalized spacial score (nSPS) is 16.9. The Morgan fingerprint density at radius 3 is 2.08 bits per heavy atom. The van der Waals surface area contributed by atoms with Crippen LogP contribution in [0.2, 0.25) is 0 Å². The molecule has 1 unspecified atom stereocenters. The van der Waals surface area contributed by atoms with Gasteiger partial charge in [-0.15, -0.1) is 12.4 Å². The van der Waals surface area contributed by atoms with Crippen LogP contribution >= 0.6 is 12.4 Å². The Labute approximate surface area is 159 Å². The van der Waals surface area contributed by atoms with Crippen LogP contribution in [0.4, 0.5) is 0 Å². The van der Waals surface area contributed by atoms with Crippen molar-refractivity contribution in [3.05, 3.63) is 0 Å². The zero-order valence-electron chi connectivity index (χ0n) is 16.4. The molecule has 148 valence electrons. The molecule has 3 N–H and O–H groups in total. The summed E-state index contributed by atoms with van der Waals surface area (Å²) in [4.78, 5) is 24.3. The molecule has 0 aliphatic heterocycles. The van der Waals surface area contributed by atoms with Gasteiger partial charge in [0.05, 0.1) is 0 Å². The minimum absolute atomic E-state index is 0. The molecule has 6 heteroatoms. The van der Waals surface area contributed by atoms with E-state index in [1.165, 1.54) is 38.5 Å². The van der Waals surface area contributed by atoms with Gasteiger partial charge >= 0.3 is 0 Å². The van der Waals surface area contributed by atoms with E-state index < -0.39 is 6.04 Å². The highest BCUT2D eigenvalue weighted by atomic mass is 35.5. The Morgan fingerprint density at radius 1 is 0.960 bits per heavy atom. The van der Waals surface area contributed by atoms with E-state index in [2.05, 4.69) is 16.0 Å². The van der Waals surface area contributed by atoms with Crippen molar-refractivity contribution in [2.75, 3.05) is 13.1 Å². The lowest BCUT2D eigenvalue weighted by Gasteiger charge is -2.23. The summed E-state index contributed by atoms with van der Waals surface area (Å²) in [5, 5.41) is 9.39. The summed E-state index contributed by atoms with van der Waals surface area (Å²) >= 11 is 0. The zero-order valence-corrected chi connectivity index (χ0v) is 17.2. The molecule has 1 atom stereocenters. The molecule has 2 amide bonds. The number of amides is 2. The summed E-state index contributed by atoms with van der Waals surface area (Å²) < 4.78 is 0. The predicted octanol–water partition coefficient (Wildman–Crippen LogP) is 3.02.